The van der Waals surface area contributed by atoms with E-state index in [0.29, 0.717) is 6.04 Å². The zero-order chi connectivity index (χ0) is 15.2. The van der Waals surface area contributed by atoms with E-state index in [9.17, 15) is 0 Å². The van der Waals surface area contributed by atoms with Crippen LogP contribution in [0.25, 0.3) is 0 Å². The molecule has 0 aliphatic heterocycles. The minimum Gasteiger partial charge on any atom is -0.496 e. The quantitative estimate of drug-likeness (QED) is 0.768. The van der Waals surface area contributed by atoms with E-state index >= 15 is 0 Å². The van der Waals surface area contributed by atoms with Gasteiger partial charge < -0.3 is 10.1 Å². The molecule has 1 aromatic carbocycles. The molecule has 1 aliphatic carbocycles. The van der Waals surface area contributed by atoms with Crippen molar-refractivity contribution in [3.8, 4) is 5.75 Å². The van der Waals surface area contributed by atoms with Crippen LogP contribution >= 0.6 is 0 Å². The van der Waals surface area contributed by atoms with Gasteiger partial charge in [0.15, 0.2) is 0 Å². The summed E-state index contributed by atoms with van der Waals surface area (Å²) in [6.07, 6.45) is 8.30. The van der Waals surface area contributed by atoms with Crippen molar-refractivity contribution in [3.05, 3.63) is 28.8 Å². The van der Waals surface area contributed by atoms with Gasteiger partial charge in [-0.15, -0.1) is 0 Å². The summed E-state index contributed by atoms with van der Waals surface area (Å²) in [4.78, 5) is 0. The van der Waals surface area contributed by atoms with Crippen LogP contribution < -0.4 is 10.1 Å². The first-order valence-electron chi connectivity index (χ1n) is 8.54. The summed E-state index contributed by atoms with van der Waals surface area (Å²) in [6, 6.07) is 4.87. The van der Waals surface area contributed by atoms with Crippen LogP contribution in [0.2, 0.25) is 0 Å². The van der Waals surface area contributed by atoms with E-state index in [1.165, 1.54) is 55.2 Å². The lowest BCUT2D eigenvalue weighted by Crippen LogP contribution is -2.23. The summed E-state index contributed by atoms with van der Waals surface area (Å²) in [5.74, 6) is 1.99. The molecule has 1 saturated carbocycles. The molecule has 1 fully saturated rings. The van der Waals surface area contributed by atoms with E-state index < -0.39 is 0 Å². The second-order valence-electron chi connectivity index (χ2n) is 6.54. The predicted molar refractivity (Wildman–Crippen MR) is 90.1 cm³/mol. The smallest absolute Gasteiger partial charge is 0.124 e. The number of methoxy groups -OCH3 is 1. The standard InChI is InChI=1S/C19H31NO/c1-5-20-17(11-10-16-8-6-7-9-16)19-15(3)12-14(2)13-18(19)21-4/h12-13,16-17,20H,5-11H2,1-4H3. The third-order valence-electron chi connectivity index (χ3n) is 4.85. The van der Waals surface area contributed by atoms with Gasteiger partial charge >= 0.3 is 0 Å². The summed E-state index contributed by atoms with van der Waals surface area (Å²) >= 11 is 0. The number of nitrogens with one attached hydrogen (secondary N) is 1. The van der Waals surface area contributed by atoms with Gasteiger partial charge in [0.05, 0.1) is 7.11 Å². The third kappa shape index (κ3) is 4.23. The van der Waals surface area contributed by atoms with Gasteiger partial charge in [0.2, 0.25) is 0 Å². The van der Waals surface area contributed by atoms with E-state index in [2.05, 4.69) is 38.2 Å². The number of ether oxygens (including phenoxy) is 1. The summed E-state index contributed by atoms with van der Waals surface area (Å²) < 4.78 is 5.67. The van der Waals surface area contributed by atoms with Crippen LogP contribution in [-0.4, -0.2) is 13.7 Å². The zero-order valence-electron chi connectivity index (χ0n) is 14.2. The normalized spacial score (nSPS) is 17.1. The fraction of sp³-hybridized carbons (Fsp3) is 0.684. The monoisotopic (exact) mass is 289 g/mol. The number of rotatable bonds is 7. The Kier molecular flexibility index (Phi) is 6.10. The van der Waals surface area contributed by atoms with Gasteiger partial charge in [-0.3, -0.25) is 0 Å². The fourth-order valence-electron chi connectivity index (χ4n) is 3.85. The topological polar surface area (TPSA) is 21.3 Å². The van der Waals surface area contributed by atoms with Crippen molar-refractivity contribution < 1.29 is 4.74 Å². The van der Waals surface area contributed by atoms with Gasteiger partial charge in [0, 0.05) is 11.6 Å². The van der Waals surface area contributed by atoms with Gasteiger partial charge in [-0.1, -0.05) is 38.7 Å². The Bertz CT molecular complexity index is 449. The predicted octanol–water partition coefficient (Wildman–Crippen LogP) is 4.93. The molecule has 0 amide bonds. The van der Waals surface area contributed by atoms with Gasteiger partial charge in [0.25, 0.3) is 0 Å². The maximum Gasteiger partial charge on any atom is 0.124 e. The van der Waals surface area contributed by atoms with Crippen LogP contribution in [0.4, 0.5) is 0 Å². The van der Waals surface area contributed by atoms with E-state index in [1.54, 1.807) is 7.11 Å². The van der Waals surface area contributed by atoms with E-state index in [1.807, 2.05) is 0 Å². The Hall–Kier alpha value is -1.02. The summed E-state index contributed by atoms with van der Waals surface area (Å²) in [6.45, 7) is 7.55. The molecule has 1 N–H and O–H groups in total. The summed E-state index contributed by atoms with van der Waals surface area (Å²) in [7, 11) is 1.79. The number of aryl methyl sites for hydroxylation is 2. The van der Waals surface area contributed by atoms with Crippen LogP contribution in [0, 0.1) is 19.8 Å². The first kappa shape index (κ1) is 16.4. The molecule has 118 valence electrons. The van der Waals surface area contributed by atoms with Gasteiger partial charge in [-0.05, 0) is 56.3 Å². The molecule has 0 radical (unpaired) electrons. The molecule has 1 aromatic rings. The molecule has 1 aliphatic rings. The highest BCUT2D eigenvalue weighted by molar-refractivity contribution is 5.45. The van der Waals surface area contributed by atoms with Gasteiger partial charge in [-0.25, -0.2) is 0 Å². The molecule has 0 heterocycles. The summed E-state index contributed by atoms with van der Waals surface area (Å²) in [5, 5.41) is 3.68. The third-order valence-corrected chi connectivity index (χ3v) is 4.85. The molecule has 0 aromatic heterocycles. The van der Waals surface area contributed by atoms with Crippen LogP contribution in [0.3, 0.4) is 0 Å². The molecular weight excluding hydrogens is 258 g/mol. The Labute approximate surface area is 130 Å². The van der Waals surface area contributed by atoms with E-state index in [-0.39, 0.29) is 0 Å². The SMILES string of the molecule is CCNC(CCC1CCCC1)c1c(C)cc(C)cc1OC. The highest BCUT2D eigenvalue weighted by Crippen LogP contribution is 2.36. The first-order chi connectivity index (χ1) is 10.2. The fourth-order valence-corrected chi connectivity index (χ4v) is 3.85. The highest BCUT2D eigenvalue weighted by atomic mass is 16.5. The van der Waals surface area contributed by atoms with Crippen molar-refractivity contribution in [1.82, 2.24) is 5.32 Å². The van der Waals surface area contributed by atoms with Crippen LogP contribution in [0.5, 0.6) is 5.75 Å². The second kappa shape index (κ2) is 7.84. The number of benzene rings is 1. The van der Waals surface area contributed by atoms with Crippen molar-refractivity contribution in [1.29, 1.82) is 0 Å². The average molecular weight is 289 g/mol. The van der Waals surface area contributed by atoms with Crippen molar-refractivity contribution in [2.45, 2.75) is 65.3 Å². The maximum atomic E-state index is 5.67. The summed E-state index contributed by atoms with van der Waals surface area (Å²) in [5.41, 5.74) is 3.99. The van der Waals surface area contributed by atoms with Crippen LogP contribution in [-0.2, 0) is 0 Å². The van der Waals surface area contributed by atoms with Crippen molar-refractivity contribution in [2.24, 2.45) is 5.92 Å². The Morgan fingerprint density at radius 3 is 2.57 bits per heavy atom. The first-order valence-corrected chi connectivity index (χ1v) is 8.54. The Morgan fingerprint density at radius 1 is 1.24 bits per heavy atom. The number of hydrogen-bond acceptors (Lipinski definition) is 2. The molecule has 21 heavy (non-hydrogen) atoms. The van der Waals surface area contributed by atoms with Crippen molar-refractivity contribution in [2.75, 3.05) is 13.7 Å². The lowest BCUT2D eigenvalue weighted by molar-refractivity contribution is 0.379. The molecule has 0 bridgehead atoms. The molecule has 2 rings (SSSR count). The molecule has 2 nitrogen and oxygen atoms in total. The number of hydrogen-bond donors (Lipinski definition) is 1. The second-order valence-corrected chi connectivity index (χ2v) is 6.54. The lowest BCUT2D eigenvalue weighted by atomic mass is 9.91. The van der Waals surface area contributed by atoms with Crippen LogP contribution in [0.1, 0.15) is 68.2 Å². The Balaban J connectivity index is 2.16. The minimum atomic E-state index is 0.422. The van der Waals surface area contributed by atoms with E-state index in [0.717, 1.165) is 18.2 Å². The van der Waals surface area contributed by atoms with Gasteiger partial charge in [-0.2, -0.15) is 0 Å². The average Bonchev–Trinajstić information content (AvgIpc) is 2.96. The maximum absolute atomic E-state index is 5.67. The van der Waals surface area contributed by atoms with Crippen LogP contribution in [0.15, 0.2) is 12.1 Å². The lowest BCUT2D eigenvalue weighted by Gasteiger charge is -2.24. The molecular formula is C19H31NO. The zero-order valence-corrected chi connectivity index (χ0v) is 14.2. The molecule has 1 atom stereocenters. The van der Waals surface area contributed by atoms with E-state index in [4.69, 9.17) is 4.74 Å². The highest BCUT2D eigenvalue weighted by Gasteiger charge is 2.21. The van der Waals surface area contributed by atoms with Crippen molar-refractivity contribution >= 4 is 0 Å². The molecule has 0 spiro atoms. The Morgan fingerprint density at radius 2 is 1.95 bits per heavy atom. The van der Waals surface area contributed by atoms with Gasteiger partial charge in [0.1, 0.15) is 5.75 Å². The molecule has 2 heteroatoms. The molecule has 0 saturated heterocycles. The minimum absolute atomic E-state index is 0.422. The van der Waals surface area contributed by atoms with Crippen molar-refractivity contribution in [3.63, 3.8) is 0 Å². The molecule has 1 unspecified atom stereocenters. The largest absolute Gasteiger partial charge is 0.496 e.